The van der Waals surface area contributed by atoms with E-state index >= 15 is 0 Å². The molecule has 0 aliphatic carbocycles. The van der Waals surface area contributed by atoms with E-state index in [0.29, 0.717) is 22.6 Å². The molecule has 0 spiro atoms. The van der Waals surface area contributed by atoms with E-state index in [2.05, 4.69) is 0 Å². The number of piperidine rings is 1. The molecule has 6 nitrogen and oxygen atoms in total. The summed E-state index contributed by atoms with van der Waals surface area (Å²) in [7, 11) is 0. The summed E-state index contributed by atoms with van der Waals surface area (Å²) in [5.41, 5.74) is -2.35. The molecule has 2 fully saturated rings. The Bertz CT molecular complexity index is 839. The number of hydrogen-bond donors (Lipinski definition) is 1. The second kappa shape index (κ2) is 7.98. The lowest BCUT2D eigenvalue weighted by Gasteiger charge is -2.39. The molecule has 2 atom stereocenters. The van der Waals surface area contributed by atoms with Gasteiger partial charge in [-0.05, 0) is 56.5 Å². The molecule has 2 aliphatic rings. The third-order valence-electron chi connectivity index (χ3n) is 5.62. The van der Waals surface area contributed by atoms with E-state index < -0.39 is 17.2 Å². The molecule has 2 bridgehead atoms. The number of ether oxygens (including phenoxy) is 2. The largest absolute Gasteiger partial charge is 0.460 e. The van der Waals surface area contributed by atoms with Gasteiger partial charge in [-0.3, -0.25) is 0 Å². The van der Waals surface area contributed by atoms with Gasteiger partial charge in [0.1, 0.15) is 11.7 Å². The van der Waals surface area contributed by atoms with Crippen LogP contribution in [-0.4, -0.2) is 45.9 Å². The van der Waals surface area contributed by atoms with E-state index in [1.807, 2.05) is 48.6 Å². The Morgan fingerprint density at radius 2 is 1.57 bits per heavy atom. The van der Waals surface area contributed by atoms with Crippen molar-refractivity contribution >= 4 is 34.7 Å². The van der Waals surface area contributed by atoms with E-state index in [-0.39, 0.29) is 24.3 Å². The summed E-state index contributed by atoms with van der Waals surface area (Å²) in [5.74, 6) is -0.650. The molecule has 2 unspecified atom stereocenters. The van der Waals surface area contributed by atoms with Gasteiger partial charge >= 0.3 is 12.1 Å². The maximum absolute atomic E-state index is 13.2. The second-order valence-electron chi connectivity index (χ2n) is 8.94. The highest BCUT2D eigenvalue weighted by molar-refractivity contribution is 7.12. The second-order valence-corrected chi connectivity index (χ2v) is 10.8. The first-order valence-corrected chi connectivity index (χ1v) is 12.0. The summed E-state index contributed by atoms with van der Waals surface area (Å²) in [5, 5.41) is 15.1. The van der Waals surface area contributed by atoms with E-state index in [9.17, 15) is 14.7 Å². The van der Waals surface area contributed by atoms with Crippen molar-refractivity contribution < 1.29 is 24.2 Å². The van der Waals surface area contributed by atoms with Crippen molar-refractivity contribution in [3.8, 4) is 0 Å². The van der Waals surface area contributed by atoms with Crippen LogP contribution in [0.5, 0.6) is 0 Å². The Labute approximate surface area is 184 Å². The van der Waals surface area contributed by atoms with Crippen LogP contribution in [0.25, 0.3) is 0 Å². The van der Waals surface area contributed by atoms with E-state index in [0.717, 1.165) is 12.8 Å². The standard InChI is InChI=1S/C22H27NO5S2/c1-21(2,3)28-20(25)23-14-8-9-15(23)13-16(12-14)27-19(24)22(26,17-6-4-10-29-17)18-7-5-11-30-18/h4-7,10-11,14-16,26H,8-9,12-13H2,1-3H3. The molecule has 4 rings (SSSR count). The third kappa shape index (κ3) is 4.00. The molecule has 2 aromatic heterocycles. The zero-order valence-electron chi connectivity index (χ0n) is 17.4. The summed E-state index contributed by atoms with van der Waals surface area (Å²) >= 11 is 2.66. The minimum absolute atomic E-state index is 0.00651. The van der Waals surface area contributed by atoms with Crippen LogP contribution in [0.4, 0.5) is 4.79 Å². The maximum Gasteiger partial charge on any atom is 0.410 e. The van der Waals surface area contributed by atoms with Crippen LogP contribution < -0.4 is 0 Å². The van der Waals surface area contributed by atoms with Gasteiger partial charge in [0.15, 0.2) is 0 Å². The SMILES string of the molecule is CC(C)(C)OC(=O)N1C2CCC1CC(OC(=O)C(O)(c1cccs1)c1cccs1)C2. The summed E-state index contributed by atoms with van der Waals surface area (Å²) in [6.07, 6.45) is 2.24. The van der Waals surface area contributed by atoms with E-state index in [1.165, 1.54) is 22.7 Å². The van der Waals surface area contributed by atoms with Gasteiger partial charge in [-0.25, -0.2) is 9.59 Å². The van der Waals surface area contributed by atoms with Crippen LogP contribution >= 0.6 is 22.7 Å². The molecule has 162 valence electrons. The Morgan fingerprint density at radius 3 is 2.00 bits per heavy atom. The fourth-order valence-electron chi connectivity index (χ4n) is 4.36. The Kier molecular flexibility index (Phi) is 5.67. The van der Waals surface area contributed by atoms with Gasteiger partial charge in [0.05, 0.1) is 9.75 Å². The number of aliphatic hydroxyl groups is 1. The number of esters is 1. The fraction of sp³-hybridized carbons (Fsp3) is 0.545. The molecule has 4 heterocycles. The lowest BCUT2D eigenvalue weighted by Crippen LogP contribution is -2.51. The van der Waals surface area contributed by atoms with Gasteiger partial charge in [-0.2, -0.15) is 0 Å². The molecular weight excluding hydrogens is 422 g/mol. The van der Waals surface area contributed by atoms with Crippen LogP contribution in [0.3, 0.4) is 0 Å². The van der Waals surface area contributed by atoms with Crippen molar-refractivity contribution in [1.82, 2.24) is 4.90 Å². The monoisotopic (exact) mass is 449 g/mol. The van der Waals surface area contributed by atoms with Crippen LogP contribution in [-0.2, 0) is 19.9 Å². The highest BCUT2D eigenvalue weighted by Crippen LogP contribution is 2.41. The summed E-state index contributed by atoms with van der Waals surface area (Å²) in [6, 6.07) is 7.11. The number of rotatable bonds is 4. The number of nitrogens with zero attached hydrogens (tertiary/aromatic N) is 1. The van der Waals surface area contributed by atoms with Crippen LogP contribution in [0.1, 0.15) is 56.2 Å². The number of fused-ring (bicyclic) bond motifs is 2. The molecule has 0 saturated carbocycles. The topological polar surface area (TPSA) is 76.1 Å². The van der Waals surface area contributed by atoms with Crippen LogP contribution in [0, 0.1) is 0 Å². The molecule has 0 aromatic carbocycles. The quantitative estimate of drug-likeness (QED) is 0.695. The van der Waals surface area contributed by atoms with Crippen molar-refractivity contribution in [2.75, 3.05) is 0 Å². The summed E-state index contributed by atoms with van der Waals surface area (Å²) in [4.78, 5) is 28.7. The van der Waals surface area contributed by atoms with Crippen LogP contribution in [0.15, 0.2) is 35.0 Å². The normalized spacial score (nSPS) is 24.0. The smallest absolute Gasteiger partial charge is 0.410 e. The Balaban J connectivity index is 1.48. The minimum Gasteiger partial charge on any atom is -0.460 e. The molecule has 30 heavy (non-hydrogen) atoms. The van der Waals surface area contributed by atoms with Gasteiger partial charge in [0.25, 0.3) is 0 Å². The molecule has 2 aliphatic heterocycles. The highest BCUT2D eigenvalue weighted by Gasteiger charge is 2.49. The number of thiophene rings is 2. The van der Waals surface area contributed by atoms with Gasteiger partial charge in [0, 0.05) is 24.9 Å². The molecule has 8 heteroatoms. The minimum atomic E-state index is -1.80. The lowest BCUT2D eigenvalue weighted by atomic mass is 9.97. The summed E-state index contributed by atoms with van der Waals surface area (Å²) < 4.78 is 11.4. The zero-order valence-corrected chi connectivity index (χ0v) is 19.0. The van der Waals surface area contributed by atoms with E-state index in [4.69, 9.17) is 9.47 Å². The first-order valence-electron chi connectivity index (χ1n) is 10.2. The van der Waals surface area contributed by atoms with Crippen molar-refractivity contribution in [2.24, 2.45) is 0 Å². The summed E-state index contributed by atoms with van der Waals surface area (Å²) in [6.45, 7) is 5.58. The number of hydrogen-bond acceptors (Lipinski definition) is 7. The maximum atomic E-state index is 13.2. The fourth-order valence-corrected chi connectivity index (χ4v) is 6.08. The van der Waals surface area contributed by atoms with Gasteiger partial charge < -0.3 is 19.5 Å². The average molecular weight is 450 g/mol. The molecule has 1 N–H and O–H groups in total. The first kappa shape index (κ1) is 21.3. The number of carbonyl (C=O) groups is 2. The Hall–Kier alpha value is -1.90. The molecular formula is C22H27NO5S2. The lowest BCUT2D eigenvalue weighted by molar-refractivity contribution is -0.170. The van der Waals surface area contributed by atoms with Crippen molar-refractivity contribution in [3.05, 3.63) is 44.8 Å². The van der Waals surface area contributed by atoms with E-state index in [1.54, 1.807) is 12.1 Å². The first-order chi connectivity index (χ1) is 14.2. The third-order valence-corrected chi connectivity index (χ3v) is 7.58. The predicted octanol–water partition coefficient (Wildman–Crippen LogP) is 4.52. The van der Waals surface area contributed by atoms with Crippen molar-refractivity contribution in [1.29, 1.82) is 0 Å². The molecule has 2 saturated heterocycles. The van der Waals surface area contributed by atoms with Crippen molar-refractivity contribution in [2.45, 2.75) is 75.8 Å². The van der Waals surface area contributed by atoms with Gasteiger partial charge in [-0.15, -0.1) is 22.7 Å². The van der Waals surface area contributed by atoms with Gasteiger partial charge in [0.2, 0.25) is 5.60 Å². The number of carbonyl (C=O) groups excluding carboxylic acids is 2. The van der Waals surface area contributed by atoms with Crippen molar-refractivity contribution in [3.63, 3.8) is 0 Å². The zero-order chi connectivity index (χ0) is 21.5. The molecule has 0 radical (unpaired) electrons. The molecule has 1 amide bonds. The number of amides is 1. The molecule has 2 aromatic rings. The highest BCUT2D eigenvalue weighted by atomic mass is 32.1. The predicted molar refractivity (Wildman–Crippen MR) is 116 cm³/mol. The Morgan fingerprint density at radius 1 is 1.03 bits per heavy atom. The van der Waals surface area contributed by atoms with Crippen LogP contribution in [0.2, 0.25) is 0 Å². The van der Waals surface area contributed by atoms with Gasteiger partial charge in [-0.1, -0.05) is 12.1 Å². The average Bonchev–Trinajstić information content (AvgIpc) is 3.41.